The number of rotatable bonds is 8. The van der Waals surface area contributed by atoms with E-state index in [0.29, 0.717) is 3.79 Å². The minimum absolute atomic E-state index is 0.104. The second-order valence-corrected chi connectivity index (χ2v) is 11.0. The number of nitro groups is 1. The van der Waals surface area contributed by atoms with Crippen molar-refractivity contribution in [2.75, 3.05) is 10.0 Å². The van der Waals surface area contributed by atoms with Gasteiger partial charge in [-0.05, 0) is 65.3 Å². The van der Waals surface area contributed by atoms with Crippen molar-refractivity contribution < 1.29 is 27.7 Å². The van der Waals surface area contributed by atoms with Crippen molar-refractivity contribution in [1.82, 2.24) is 0 Å². The lowest BCUT2D eigenvalue weighted by molar-refractivity contribution is -0.384. The maximum absolute atomic E-state index is 12.4. The molecule has 2 aromatic carbocycles. The summed E-state index contributed by atoms with van der Waals surface area (Å²) in [4.78, 5) is 34.9. The molecule has 33 heavy (non-hydrogen) atoms. The van der Waals surface area contributed by atoms with Gasteiger partial charge in [0, 0.05) is 23.5 Å². The molecule has 0 unspecified atom stereocenters. The van der Waals surface area contributed by atoms with Crippen LogP contribution in [0.1, 0.15) is 17.3 Å². The van der Waals surface area contributed by atoms with Crippen LogP contribution in [0.25, 0.3) is 0 Å². The Morgan fingerprint density at radius 2 is 1.79 bits per heavy atom. The van der Waals surface area contributed by atoms with Gasteiger partial charge in [0.2, 0.25) is 0 Å². The molecule has 0 aliphatic heterocycles. The summed E-state index contributed by atoms with van der Waals surface area (Å²) in [5.74, 6) is -1.47. The van der Waals surface area contributed by atoms with Crippen LogP contribution in [0.4, 0.5) is 17.1 Å². The predicted octanol–water partition coefficient (Wildman–Crippen LogP) is 4.40. The maximum Gasteiger partial charge on any atom is 0.338 e. The molecule has 2 N–H and O–H groups in total. The average molecular weight is 554 g/mol. The van der Waals surface area contributed by atoms with Crippen LogP contribution in [0.15, 0.2) is 68.7 Å². The average Bonchev–Trinajstić information content (AvgIpc) is 3.21. The van der Waals surface area contributed by atoms with E-state index in [1.165, 1.54) is 61.5 Å². The lowest BCUT2D eigenvalue weighted by Crippen LogP contribution is -2.30. The fourth-order valence-corrected chi connectivity index (χ4v) is 5.61. The second kappa shape index (κ2) is 10.1. The highest BCUT2D eigenvalue weighted by Gasteiger charge is 2.21. The van der Waals surface area contributed by atoms with Gasteiger partial charge in [-0.1, -0.05) is 6.07 Å². The van der Waals surface area contributed by atoms with Gasteiger partial charge in [-0.3, -0.25) is 19.6 Å². The number of nitro benzene ring substituents is 1. The number of benzene rings is 2. The molecule has 0 saturated heterocycles. The van der Waals surface area contributed by atoms with Crippen molar-refractivity contribution in [1.29, 1.82) is 0 Å². The van der Waals surface area contributed by atoms with E-state index in [0.717, 1.165) is 11.3 Å². The molecule has 10 nitrogen and oxygen atoms in total. The molecule has 0 aliphatic carbocycles. The first-order valence-corrected chi connectivity index (χ1v) is 12.3. The fourth-order valence-electron chi connectivity index (χ4n) is 2.55. The molecule has 13 heteroatoms. The zero-order valence-electron chi connectivity index (χ0n) is 16.9. The molecule has 0 bridgehead atoms. The van der Waals surface area contributed by atoms with E-state index >= 15 is 0 Å². The Hall–Kier alpha value is -3.29. The Kier molecular flexibility index (Phi) is 7.46. The number of halogens is 1. The largest absolute Gasteiger partial charge is 0.449 e. The fraction of sp³-hybridized carbons (Fsp3) is 0.100. The molecule has 0 radical (unpaired) electrons. The number of hydrogen-bond acceptors (Lipinski definition) is 8. The molecule has 172 valence electrons. The van der Waals surface area contributed by atoms with E-state index in [9.17, 15) is 28.1 Å². The van der Waals surface area contributed by atoms with Crippen LogP contribution in [0, 0.1) is 10.1 Å². The topological polar surface area (TPSA) is 145 Å². The SMILES string of the molecule is C[C@@H](OC(=O)c1ccc(NS(=O)(=O)c2ccc(Br)s2)cc1)C(=O)Nc1cccc([N+](=O)[O-])c1. The summed E-state index contributed by atoms with van der Waals surface area (Å²) in [6.07, 6.45) is -1.19. The van der Waals surface area contributed by atoms with Crippen molar-refractivity contribution in [2.45, 2.75) is 17.2 Å². The molecular weight excluding hydrogens is 538 g/mol. The lowest BCUT2D eigenvalue weighted by Gasteiger charge is -2.14. The third-order valence-corrected chi connectivity index (χ3v) is 7.66. The molecular formula is C20H16BrN3O7S2. The molecule has 1 amide bonds. The number of esters is 1. The zero-order valence-corrected chi connectivity index (χ0v) is 20.1. The smallest absolute Gasteiger partial charge is 0.338 e. The third-order valence-electron chi connectivity index (χ3n) is 4.16. The van der Waals surface area contributed by atoms with Crippen molar-refractivity contribution in [3.63, 3.8) is 0 Å². The minimum atomic E-state index is -3.77. The third kappa shape index (κ3) is 6.37. The minimum Gasteiger partial charge on any atom is -0.449 e. The number of amides is 1. The Balaban J connectivity index is 1.60. The van der Waals surface area contributed by atoms with Gasteiger partial charge in [-0.2, -0.15) is 0 Å². The van der Waals surface area contributed by atoms with Crippen molar-refractivity contribution >= 4 is 66.2 Å². The zero-order chi connectivity index (χ0) is 24.2. The molecule has 0 spiro atoms. The summed E-state index contributed by atoms with van der Waals surface area (Å²) >= 11 is 4.27. The van der Waals surface area contributed by atoms with Gasteiger partial charge in [0.25, 0.3) is 21.6 Å². The van der Waals surface area contributed by atoms with Crippen LogP contribution in [0.3, 0.4) is 0 Å². The van der Waals surface area contributed by atoms with Crippen molar-refractivity contribution in [2.24, 2.45) is 0 Å². The van der Waals surface area contributed by atoms with E-state index in [1.54, 1.807) is 6.07 Å². The summed E-state index contributed by atoms with van der Waals surface area (Å²) in [7, 11) is -3.77. The highest BCUT2D eigenvalue weighted by Crippen LogP contribution is 2.27. The summed E-state index contributed by atoms with van der Waals surface area (Å²) in [5.41, 5.74) is 0.339. The van der Waals surface area contributed by atoms with Crippen molar-refractivity contribution in [3.05, 3.63) is 80.1 Å². The number of sulfonamides is 1. The standard InChI is InChI=1S/C20H16BrN3O7S2/c1-12(19(25)22-15-3-2-4-16(11-15)24(27)28)31-20(26)13-5-7-14(8-6-13)23-33(29,30)18-10-9-17(21)32-18/h2-12,23H,1H3,(H,22,25)/t12-/m1/s1. The van der Waals surface area contributed by atoms with Crippen LogP contribution in [-0.4, -0.2) is 31.3 Å². The number of anilines is 2. The normalized spacial score (nSPS) is 11.9. The molecule has 1 aromatic heterocycles. The highest BCUT2D eigenvalue weighted by atomic mass is 79.9. The van der Waals surface area contributed by atoms with Gasteiger partial charge in [0.05, 0.1) is 14.3 Å². The van der Waals surface area contributed by atoms with E-state index in [1.807, 2.05) is 0 Å². The summed E-state index contributed by atoms with van der Waals surface area (Å²) in [5, 5.41) is 13.3. The molecule has 3 rings (SSSR count). The number of thiophene rings is 1. The molecule has 0 saturated carbocycles. The van der Waals surface area contributed by atoms with Crippen LogP contribution < -0.4 is 10.0 Å². The van der Waals surface area contributed by atoms with Crippen LogP contribution >= 0.6 is 27.3 Å². The monoisotopic (exact) mass is 553 g/mol. The Morgan fingerprint density at radius 3 is 2.39 bits per heavy atom. The molecule has 0 fully saturated rings. The van der Waals surface area contributed by atoms with Gasteiger partial charge in [-0.25, -0.2) is 13.2 Å². The summed E-state index contributed by atoms with van der Waals surface area (Å²) in [6, 6.07) is 13.9. The van der Waals surface area contributed by atoms with Gasteiger partial charge in [-0.15, -0.1) is 11.3 Å². The number of ether oxygens (including phenoxy) is 1. The number of hydrogen-bond donors (Lipinski definition) is 2. The lowest BCUT2D eigenvalue weighted by atomic mass is 10.2. The number of nitrogens with one attached hydrogen (secondary N) is 2. The summed E-state index contributed by atoms with van der Waals surface area (Å²) < 4.78 is 33.1. The second-order valence-electron chi connectivity index (χ2n) is 6.59. The molecule has 3 aromatic rings. The summed E-state index contributed by atoms with van der Waals surface area (Å²) in [6.45, 7) is 1.35. The van der Waals surface area contributed by atoms with Crippen LogP contribution in [0.2, 0.25) is 0 Å². The number of nitrogens with zero attached hydrogens (tertiary/aromatic N) is 1. The molecule has 0 aliphatic rings. The number of non-ortho nitro benzene ring substituents is 1. The first kappa shape index (κ1) is 24.4. The van der Waals surface area contributed by atoms with E-state index in [-0.39, 0.29) is 26.8 Å². The Morgan fingerprint density at radius 1 is 1.09 bits per heavy atom. The van der Waals surface area contributed by atoms with Crippen LogP contribution in [-0.2, 0) is 19.6 Å². The van der Waals surface area contributed by atoms with Crippen LogP contribution in [0.5, 0.6) is 0 Å². The van der Waals surface area contributed by atoms with Gasteiger partial charge in [0.1, 0.15) is 4.21 Å². The number of carbonyl (C=O) groups excluding carboxylic acids is 2. The van der Waals surface area contributed by atoms with E-state index in [4.69, 9.17) is 4.74 Å². The van der Waals surface area contributed by atoms with Gasteiger partial charge in [0.15, 0.2) is 6.10 Å². The number of carbonyl (C=O) groups is 2. The first-order chi connectivity index (χ1) is 15.5. The van der Waals surface area contributed by atoms with E-state index < -0.39 is 32.9 Å². The van der Waals surface area contributed by atoms with Gasteiger partial charge < -0.3 is 10.1 Å². The quantitative estimate of drug-likeness (QED) is 0.239. The van der Waals surface area contributed by atoms with Crippen molar-refractivity contribution in [3.8, 4) is 0 Å². The predicted molar refractivity (Wildman–Crippen MR) is 126 cm³/mol. The molecule has 1 atom stereocenters. The van der Waals surface area contributed by atoms with E-state index in [2.05, 4.69) is 26.0 Å². The highest BCUT2D eigenvalue weighted by molar-refractivity contribution is 9.11. The Bertz CT molecular complexity index is 1310. The maximum atomic E-state index is 12.4. The first-order valence-electron chi connectivity index (χ1n) is 9.20. The Labute approximate surface area is 200 Å². The van der Waals surface area contributed by atoms with Gasteiger partial charge >= 0.3 is 5.97 Å². The molecule has 1 heterocycles.